The van der Waals surface area contributed by atoms with Gasteiger partial charge in [-0.05, 0) is 19.3 Å². The van der Waals surface area contributed by atoms with E-state index in [9.17, 15) is 9.59 Å². The Morgan fingerprint density at radius 2 is 2.08 bits per heavy atom. The fourth-order valence-corrected chi connectivity index (χ4v) is 3.19. The third-order valence-electron chi connectivity index (χ3n) is 4.58. The maximum absolute atomic E-state index is 12.9. The largest absolute Gasteiger partial charge is 0.354 e. The van der Waals surface area contributed by atoms with Crippen LogP contribution in [0.4, 0.5) is 0 Å². The van der Waals surface area contributed by atoms with Gasteiger partial charge in [0.15, 0.2) is 0 Å². The molecule has 1 aliphatic heterocycles. The number of benzene rings is 1. The summed E-state index contributed by atoms with van der Waals surface area (Å²) in [6.45, 7) is 1.40. The number of carbonyl (C=O) groups is 2. The van der Waals surface area contributed by atoms with Crippen molar-refractivity contribution in [2.75, 3.05) is 19.6 Å². The highest BCUT2D eigenvalue weighted by Crippen LogP contribution is 2.23. The van der Waals surface area contributed by atoms with Gasteiger partial charge in [-0.2, -0.15) is 0 Å². The smallest absolute Gasteiger partial charge is 0.292 e. The van der Waals surface area contributed by atoms with Crippen molar-refractivity contribution in [1.29, 1.82) is 0 Å². The van der Waals surface area contributed by atoms with Gasteiger partial charge in [0.1, 0.15) is 5.69 Å². The number of carbonyl (C=O) groups excluding carboxylic acids is 2. The topological polar surface area (TPSA) is 101 Å². The highest BCUT2D eigenvalue weighted by Gasteiger charge is 2.30. The zero-order valence-corrected chi connectivity index (χ0v) is 14.7. The molecule has 0 saturated carbocycles. The molecule has 2 aromatic rings. The summed E-state index contributed by atoms with van der Waals surface area (Å²) in [5.41, 5.74) is 6.94. The molecule has 0 radical (unpaired) electrons. The molecule has 1 atom stereocenters. The van der Waals surface area contributed by atoms with Gasteiger partial charge in [-0.15, -0.1) is 0 Å². The first kappa shape index (κ1) is 18.1. The van der Waals surface area contributed by atoms with Crippen molar-refractivity contribution in [2.24, 2.45) is 5.73 Å². The molecular formula is C19H24N4O3. The molecule has 7 heteroatoms. The van der Waals surface area contributed by atoms with Crippen molar-refractivity contribution in [2.45, 2.75) is 31.7 Å². The number of nitrogens with zero attached hydrogens (tertiary/aromatic N) is 2. The van der Waals surface area contributed by atoms with Crippen LogP contribution in [0.3, 0.4) is 0 Å². The molecule has 3 rings (SSSR count). The summed E-state index contributed by atoms with van der Waals surface area (Å²) in [6.07, 6.45) is 3.13. The van der Waals surface area contributed by atoms with Crippen LogP contribution in [-0.4, -0.2) is 47.5 Å². The van der Waals surface area contributed by atoms with Crippen LogP contribution in [0.1, 0.15) is 36.2 Å². The lowest BCUT2D eigenvalue weighted by Gasteiger charge is -2.35. The van der Waals surface area contributed by atoms with Crippen LogP contribution in [0.15, 0.2) is 40.9 Å². The number of hydrogen-bond acceptors (Lipinski definition) is 5. The van der Waals surface area contributed by atoms with E-state index >= 15 is 0 Å². The molecular weight excluding hydrogens is 332 g/mol. The highest BCUT2D eigenvalue weighted by molar-refractivity contribution is 5.92. The molecule has 138 valence electrons. The molecule has 2 heterocycles. The zero-order chi connectivity index (χ0) is 18.4. The Morgan fingerprint density at radius 1 is 1.27 bits per heavy atom. The number of likely N-dealkylation sites (tertiary alicyclic amines) is 1. The van der Waals surface area contributed by atoms with Crippen LogP contribution in [0.5, 0.6) is 0 Å². The van der Waals surface area contributed by atoms with E-state index in [1.165, 1.54) is 0 Å². The van der Waals surface area contributed by atoms with Gasteiger partial charge >= 0.3 is 0 Å². The Bertz CT molecular complexity index is 744. The molecule has 2 amide bonds. The lowest BCUT2D eigenvalue weighted by atomic mass is 10.0. The van der Waals surface area contributed by atoms with E-state index in [1.54, 1.807) is 11.0 Å². The Kier molecular flexibility index (Phi) is 6.01. The number of amides is 2. The van der Waals surface area contributed by atoms with Gasteiger partial charge in [-0.3, -0.25) is 9.59 Å². The second kappa shape index (κ2) is 8.62. The summed E-state index contributed by atoms with van der Waals surface area (Å²) in [7, 11) is 0. The van der Waals surface area contributed by atoms with Crippen LogP contribution in [-0.2, 0) is 4.79 Å². The molecule has 0 bridgehead atoms. The standard InChI is InChI=1S/C19H24N4O3/c20-10-9-18(24)21-13-15-8-4-5-11-23(15)19(25)17-12-16(22-26-17)14-6-2-1-3-7-14/h1-3,6-7,12,15H,4-5,8-11,13,20H2,(H,21,24). The average molecular weight is 356 g/mol. The van der Waals surface area contributed by atoms with Crippen LogP contribution in [0.25, 0.3) is 11.3 Å². The minimum absolute atomic E-state index is 0.0387. The first-order valence-electron chi connectivity index (χ1n) is 8.99. The zero-order valence-electron chi connectivity index (χ0n) is 14.7. The molecule has 1 fully saturated rings. The molecule has 1 saturated heterocycles. The molecule has 26 heavy (non-hydrogen) atoms. The Balaban J connectivity index is 1.68. The lowest BCUT2D eigenvalue weighted by molar-refractivity contribution is -0.121. The second-order valence-corrected chi connectivity index (χ2v) is 6.43. The highest BCUT2D eigenvalue weighted by atomic mass is 16.5. The summed E-state index contributed by atoms with van der Waals surface area (Å²) < 4.78 is 5.30. The molecule has 1 aliphatic rings. The number of aromatic nitrogens is 1. The van der Waals surface area contributed by atoms with E-state index in [-0.39, 0.29) is 23.6 Å². The Labute approximate surface area is 152 Å². The normalized spacial score (nSPS) is 17.1. The van der Waals surface area contributed by atoms with E-state index in [0.29, 0.717) is 31.7 Å². The van der Waals surface area contributed by atoms with Gasteiger partial charge in [0.2, 0.25) is 11.7 Å². The van der Waals surface area contributed by atoms with Gasteiger partial charge in [-0.25, -0.2) is 0 Å². The monoisotopic (exact) mass is 356 g/mol. The summed E-state index contributed by atoms with van der Waals surface area (Å²) >= 11 is 0. The van der Waals surface area contributed by atoms with Gasteiger partial charge < -0.3 is 20.5 Å². The number of nitrogens with two attached hydrogens (primary N) is 1. The van der Waals surface area contributed by atoms with Crippen molar-refractivity contribution in [3.05, 3.63) is 42.2 Å². The van der Waals surface area contributed by atoms with Crippen molar-refractivity contribution in [3.8, 4) is 11.3 Å². The summed E-state index contributed by atoms with van der Waals surface area (Å²) in [4.78, 5) is 26.3. The van der Waals surface area contributed by atoms with Crippen LogP contribution < -0.4 is 11.1 Å². The van der Waals surface area contributed by atoms with E-state index < -0.39 is 0 Å². The van der Waals surface area contributed by atoms with Crippen molar-refractivity contribution in [3.63, 3.8) is 0 Å². The van der Waals surface area contributed by atoms with Crippen LogP contribution >= 0.6 is 0 Å². The molecule has 0 aliphatic carbocycles. The predicted octanol–water partition coefficient (Wildman–Crippen LogP) is 1.80. The van der Waals surface area contributed by atoms with Crippen molar-refractivity contribution in [1.82, 2.24) is 15.4 Å². The first-order valence-corrected chi connectivity index (χ1v) is 8.99. The van der Waals surface area contributed by atoms with Gasteiger partial charge in [-0.1, -0.05) is 35.5 Å². The quantitative estimate of drug-likeness (QED) is 0.822. The first-order chi connectivity index (χ1) is 12.7. The van der Waals surface area contributed by atoms with Crippen LogP contribution in [0, 0.1) is 0 Å². The third-order valence-corrected chi connectivity index (χ3v) is 4.58. The van der Waals surface area contributed by atoms with Crippen molar-refractivity contribution < 1.29 is 14.1 Å². The lowest BCUT2D eigenvalue weighted by Crippen LogP contribution is -2.49. The number of hydrogen-bond donors (Lipinski definition) is 2. The molecule has 1 aromatic heterocycles. The van der Waals surface area contributed by atoms with Gasteiger partial charge in [0, 0.05) is 43.7 Å². The summed E-state index contributed by atoms with van der Waals surface area (Å²) in [6, 6.07) is 11.2. The van der Waals surface area contributed by atoms with Gasteiger partial charge in [0.05, 0.1) is 0 Å². The van der Waals surface area contributed by atoms with Crippen molar-refractivity contribution >= 4 is 11.8 Å². The minimum atomic E-state index is -0.183. The molecule has 7 nitrogen and oxygen atoms in total. The fourth-order valence-electron chi connectivity index (χ4n) is 3.19. The SMILES string of the molecule is NCCC(=O)NCC1CCCCN1C(=O)c1cc(-c2ccccc2)no1. The molecule has 0 spiro atoms. The van der Waals surface area contributed by atoms with E-state index in [4.69, 9.17) is 10.3 Å². The maximum Gasteiger partial charge on any atom is 0.292 e. The maximum atomic E-state index is 12.9. The number of nitrogens with one attached hydrogen (secondary N) is 1. The summed E-state index contributed by atoms with van der Waals surface area (Å²) in [5, 5.41) is 6.88. The van der Waals surface area contributed by atoms with E-state index in [2.05, 4.69) is 10.5 Å². The summed E-state index contributed by atoms with van der Waals surface area (Å²) in [5.74, 6) is -0.0435. The third kappa shape index (κ3) is 4.29. The van der Waals surface area contributed by atoms with Gasteiger partial charge in [0.25, 0.3) is 5.91 Å². The molecule has 1 aromatic carbocycles. The van der Waals surface area contributed by atoms with E-state index in [0.717, 1.165) is 24.8 Å². The minimum Gasteiger partial charge on any atom is -0.354 e. The molecule has 1 unspecified atom stereocenters. The average Bonchev–Trinajstić information content (AvgIpc) is 3.17. The predicted molar refractivity (Wildman–Crippen MR) is 97.3 cm³/mol. The van der Waals surface area contributed by atoms with E-state index in [1.807, 2.05) is 30.3 Å². The fraction of sp³-hybridized carbons (Fsp3) is 0.421. The Hall–Kier alpha value is -2.67. The number of rotatable bonds is 6. The second-order valence-electron chi connectivity index (χ2n) is 6.43. The van der Waals surface area contributed by atoms with Crippen LogP contribution in [0.2, 0.25) is 0 Å². The molecule has 3 N–H and O–H groups in total. The Morgan fingerprint density at radius 3 is 2.85 bits per heavy atom. The number of piperidine rings is 1.